The van der Waals surface area contributed by atoms with Crippen molar-refractivity contribution in [2.45, 2.75) is 76.7 Å². The Labute approximate surface area is 186 Å². The molecule has 1 aromatic heterocycles. The quantitative estimate of drug-likeness (QED) is 0.711. The van der Waals surface area contributed by atoms with Gasteiger partial charge in [-0.2, -0.15) is 13.2 Å². The zero-order valence-electron chi connectivity index (χ0n) is 18.7. The molecule has 2 fully saturated rings. The first kappa shape index (κ1) is 22.9. The van der Waals surface area contributed by atoms with E-state index < -0.39 is 11.7 Å². The van der Waals surface area contributed by atoms with Crippen molar-refractivity contribution in [2.24, 2.45) is 0 Å². The highest BCUT2D eigenvalue weighted by Gasteiger charge is 2.33. The molecular weight excluding hydrogens is 419 g/mol. The number of carbonyl (C=O) groups is 1. The number of amides is 1. The summed E-state index contributed by atoms with van der Waals surface area (Å²) in [6.45, 7) is 6.54. The highest BCUT2D eigenvalue weighted by atomic mass is 19.4. The molecule has 4 rings (SSSR count). The van der Waals surface area contributed by atoms with Crippen molar-refractivity contribution in [3.05, 3.63) is 23.8 Å². The number of nitrogens with zero attached hydrogens (tertiary/aromatic N) is 3. The Morgan fingerprint density at radius 1 is 1.16 bits per heavy atom. The summed E-state index contributed by atoms with van der Waals surface area (Å²) >= 11 is 0. The number of aromatic amines is 1. The molecule has 3 atom stereocenters. The summed E-state index contributed by atoms with van der Waals surface area (Å²) in [5.41, 5.74) is 0.0766. The summed E-state index contributed by atoms with van der Waals surface area (Å²) in [5.74, 6) is 0.413. The lowest BCUT2D eigenvalue weighted by Gasteiger charge is -2.39. The second kappa shape index (κ2) is 9.29. The number of carbonyl (C=O) groups excluding carboxylic acids is 1. The molecule has 1 amide bonds. The van der Waals surface area contributed by atoms with Crippen LogP contribution in [-0.4, -0.2) is 58.5 Å². The van der Waals surface area contributed by atoms with Crippen molar-refractivity contribution in [1.82, 2.24) is 20.2 Å². The van der Waals surface area contributed by atoms with E-state index in [4.69, 9.17) is 0 Å². The lowest BCUT2D eigenvalue weighted by atomic mass is 9.97. The van der Waals surface area contributed by atoms with Crippen LogP contribution in [0.5, 0.6) is 0 Å². The summed E-state index contributed by atoms with van der Waals surface area (Å²) in [4.78, 5) is 24.9. The van der Waals surface area contributed by atoms with E-state index in [1.165, 1.54) is 25.3 Å². The second-order valence-electron chi connectivity index (χ2n) is 9.15. The van der Waals surface area contributed by atoms with Crippen molar-refractivity contribution in [3.8, 4) is 0 Å². The van der Waals surface area contributed by atoms with E-state index >= 15 is 0 Å². The first-order chi connectivity index (χ1) is 15.2. The maximum absolute atomic E-state index is 13.0. The number of alkyl halides is 3. The van der Waals surface area contributed by atoms with Gasteiger partial charge in [-0.1, -0.05) is 6.42 Å². The van der Waals surface area contributed by atoms with Crippen LogP contribution < -0.4 is 10.2 Å². The smallest absolute Gasteiger partial charge is 0.353 e. The third-order valence-corrected chi connectivity index (χ3v) is 6.92. The number of nitrogens with one attached hydrogen (secondary N) is 2. The van der Waals surface area contributed by atoms with Gasteiger partial charge in [0.2, 0.25) is 11.9 Å². The van der Waals surface area contributed by atoms with Gasteiger partial charge in [0.1, 0.15) is 6.04 Å². The number of imidazole rings is 1. The van der Waals surface area contributed by atoms with Gasteiger partial charge in [0.15, 0.2) is 0 Å². The van der Waals surface area contributed by atoms with E-state index in [9.17, 15) is 18.0 Å². The molecule has 2 aliphatic rings. The highest BCUT2D eigenvalue weighted by Crippen LogP contribution is 2.32. The molecular formula is C23H32F3N5O. The molecule has 3 heterocycles. The molecule has 2 N–H and O–H groups in total. The third kappa shape index (κ3) is 4.87. The van der Waals surface area contributed by atoms with E-state index in [2.05, 4.69) is 34.0 Å². The van der Waals surface area contributed by atoms with Gasteiger partial charge in [-0.15, -0.1) is 0 Å². The Hall–Kier alpha value is -2.29. The van der Waals surface area contributed by atoms with E-state index in [0.29, 0.717) is 48.6 Å². The van der Waals surface area contributed by atoms with Gasteiger partial charge in [-0.05, 0) is 64.2 Å². The number of hydrogen-bond acceptors (Lipinski definition) is 4. The highest BCUT2D eigenvalue weighted by molar-refractivity contribution is 5.86. The van der Waals surface area contributed by atoms with E-state index in [1.54, 1.807) is 0 Å². The first-order valence-electron chi connectivity index (χ1n) is 11.6. The predicted molar refractivity (Wildman–Crippen MR) is 119 cm³/mol. The number of fused-ring (bicyclic) bond motifs is 1. The fourth-order valence-corrected chi connectivity index (χ4v) is 5.11. The second-order valence-corrected chi connectivity index (χ2v) is 9.15. The number of halogens is 3. The van der Waals surface area contributed by atoms with Crippen LogP contribution >= 0.6 is 0 Å². The molecule has 176 valence electrons. The van der Waals surface area contributed by atoms with Gasteiger partial charge < -0.3 is 15.2 Å². The topological polar surface area (TPSA) is 64.3 Å². The normalized spacial score (nSPS) is 25.3. The van der Waals surface area contributed by atoms with Gasteiger partial charge >= 0.3 is 6.18 Å². The molecule has 0 spiro atoms. The van der Waals surface area contributed by atoms with Crippen molar-refractivity contribution in [1.29, 1.82) is 0 Å². The molecule has 32 heavy (non-hydrogen) atoms. The molecule has 6 nitrogen and oxygen atoms in total. The van der Waals surface area contributed by atoms with Crippen LogP contribution in [0.15, 0.2) is 18.2 Å². The number of anilines is 1. The molecule has 2 aromatic rings. The lowest BCUT2D eigenvalue weighted by Crippen LogP contribution is -2.52. The van der Waals surface area contributed by atoms with Gasteiger partial charge in [0.25, 0.3) is 0 Å². The van der Waals surface area contributed by atoms with Crippen molar-refractivity contribution in [3.63, 3.8) is 0 Å². The van der Waals surface area contributed by atoms with Crippen LogP contribution in [0.4, 0.5) is 19.1 Å². The van der Waals surface area contributed by atoms with Crippen LogP contribution in [0.3, 0.4) is 0 Å². The standard InChI is InChI=1S/C23H32F3N5O/c1-15-6-5-7-16(2)30(15)13-11-27-21(32)20-8-3-4-12-31(20)22-28-18-10-9-17(23(24,25)26)14-19(18)29-22/h9-10,14-16,20H,3-8,11-13H2,1-2H3,(H,27,32)(H,28,29). The van der Waals surface area contributed by atoms with Gasteiger partial charge in [0.05, 0.1) is 16.6 Å². The molecule has 1 aromatic carbocycles. The fraction of sp³-hybridized carbons (Fsp3) is 0.652. The van der Waals surface area contributed by atoms with Gasteiger partial charge in [-0.25, -0.2) is 4.98 Å². The number of piperidine rings is 2. The average molecular weight is 452 g/mol. The molecule has 9 heteroatoms. The molecule has 3 unspecified atom stereocenters. The molecule has 0 radical (unpaired) electrons. The number of rotatable bonds is 5. The maximum Gasteiger partial charge on any atom is 0.416 e. The van der Waals surface area contributed by atoms with Crippen LogP contribution in [0.25, 0.3) is 11.0 Å². The number of likely N-dealkylation sites (tertiary alicyclic amines) is 1. The fourth-order valence-electron chi connectivity index (χ4n) is 5.11. The van der Waals surface area contributed by atoms with Crippen LogP contribution in [-0.2, 0) is 11.0 Å². The van der Waals surface area contributed by atoms with E-state index in [-0.39, 0.29) is 11.9 Å². The molecule has 0 aliphatic carbocycles. The Morgan fingerprint density at radius 2 is 1.91 bits per heavy atom. The largest absolute Gasteiger partial charge is 0.416 e. The van der Waals surface area contributed by atoms with E-state index in [0.717, 1.165) is 31.5 Å². The minimum atomic E-state index is -4.41. The predicted octanol–water partition coefficient (Wildman–Crippen LogP) is 4.32. The molecule has 2 aliphatic heterocycles. The molecule has 2 saturated heterocycles. The van der Waals surface area contributed by atoms with E-state index in [1.807, 2.05) is 4.90 Å². The average Bonchev–Trinajstić information content (AvgIpc) is 3.18. The zero-order chi connectivity index (χ0) is 22.9. The third-order valence-electron chi connectivity index (χ3n) is 6.92. The van der Waals surface area contributed by atoms with Crippen LogP contribution in [0, 0.1) is 0 Å². The summed E-state index contributed by atoms with van der Waals surface area (Å²) in [5, 5.41) is 3.09. The van der Waals surface area contributed by atoms with Gasteiger partial charge in [-0.3, -0.25) is 9.69 Å². The van der Waals surface area contributed by atoms with Crippen molar-refractivity contribution >= 4 is 22.9 Å². The Bertz CT molecular complexity index is 933. The number of aromatic nitrogens is 2. The minimum absolute atomic E-state index is 0.0431. The maximum atomic E-state index is 13.0. The Kier molecular flexibility index (Phi) is 6.65. The van der Waals surface area contributed by atoms with Crippen LogP contribution in [0.1, 0.15) is 57.9 Å². The van der Waals surface area contributed by atoms with Crippen LogP contribution in [0.2, 0.25) is 0 Å². The zero-order valence-corrected chi connectivity index (χ0v) is 18.7. The van der Waals surface area contributed by atoms with Gasteiger partial charge in [0, 0.05) is 31.7 Å². The van der Waals surface area contributed by atoms with Crippen molar-refractivity contribution in [2.75, 3.05) is 24.5 Å². The molecule has 0 saturated carbocycles. The summed E-state index contributed by atoms with van der Waals surface area (Å²) in [6, 6.07) is 4.17. The lowest BCUT2D eigenvalue weighted by molar-refractivity contribution is -0.137. The Balaban J connectivity index is 1.43. The Morgan fingerprint density at radius 3 is 2.62 bits per heavy atom. The first-order valence-corrected chi connectivity index (χ1v) is 11.6. The number of H-pyrrole nitrogens is 1. The van der Waals surface area contributed by atoms with Crippen molar-refractivity contribution < 1.29 is 18.0 Å². The molecule has 0 bridgehead atoms. The minimum Gasteiger partial charge on any atom is -0.353 e. The summed E-state index contributed by atoms with van der Waals surface area (Å²) in [6.07, 6.45) is 1.78. The summed E-state index contributed by atoms with van der Waals surface area (Å²) in [7, 11) is 0. The monoisotopic (exact) mass is 451 g/mol. The SMILES string of the molecule is CC1CCCC(C)N1CCNC(=O)C1CCCCN1c1nc2ccc(C(F)(F)F)cc2[nH]1. The summed E-state index contributed by atoms with van der Waals surface area (Å²) < 4.78 is 39.1. The number of benzene rings is 1. The number of hydrogen-bond donors (Lipinski definition) is 2.